The van der Waals surface area contributed by atoms with E-state index in [1.807, 2.05) is 0 Å². The van der Waals surface area contributed by atoms with Gasteiger partial charge < -0.3 is 4.90 Å². The van der Waals surface area contributed by atoms with E-state index in [-0.39, 0.29) is 10.8 Å². The van der Waals surface area contributed by atoms with E-state index in [9.17, 15) is 0 Å². The van der Waals surface area contributed by atoms with Crippen molar-refractivity contribution in [3.63, 3.8) is 0 Å². The highest BCUT2D eigenvalue weighted by Gasteiger charge is 2.61. The Kier molecular flexibility index (Phi) is 6.36. The van der Waals surface area contributed by atoms with Crippen molar-refractivity contribution in [1.29, 1.82) is 0 Å². The molecule has 0 aromatic heterocycles. The molecule has 4 fully saturated rings. The molecule has 0 heterocycles. The summed E-state index contributed by atoms with van der Waals surface area (Å²) in [6, 6.07) is 58.1. The van der Waals surface area contributed by atoms with Crippen LogP contribution >= 0.6 is 0 Å². The average molecular weight is 696 g/mol. The van der Waals surface area contributed by atoms with Gasteiger partial charge in [0.2, 0.25) is 0 Å². The molecule has 0 saturated heterocycles. The molecule has 1 nitrogen and oxygen atoms in total. The first-order valence-corrected chi connectivity index (χ1v) is 20.3. The Morgan fingerprint density at radius 2 is 1.02 bits per heavy atom. The molecule has 7 aromatic carbocycles. The Labute approximate surface area is 319 Å². The third-order valence-electron chi connectivity index (χ3n) is 14.8. The largest absolute Gasteiger partial charge is 0.310 e. The topological polar surface area (TPSA) is 3.24 Å². The van der Waals surface area contributed by atoms with Gasteiger partial charge in [-0.3, -0.25) is 0 Å². The summed E-state index contributed by atoms with van der Waals surface area (Å²) < 4.78 is 0. The molecule has 1 heteroatoms. The molecule has 7 aromatic rings. The Balaban J connectivity index is 1.07. The standard InChI is InChI=1S/C53H45N/c1-52(2)48-15-9-8-14-44(48)45-22-19-43(32-50(45)52)54(41-18-16-36-12-6-7-13-37(36)29-41)42-20-23-49-47(31-42)46-21-17-38(35-10-4-3-5-11-35)30-51(46)53(49)39-25-33-24-34(27-39)28-40(53)26-33/h3-23,29-34,39-40H,24-28H2,1-2H3. The van der Waals surface area contributed by atoms with Gasteiger partial charge in [0.05, 0.1) is 0 Å². The molecule has 0 unspecified atom stereocenters. The minimum atomic E-state index is -0.0732. The summed E-state index contributed by atoms with van der Waals surface area (Å²) in [5.74, 6) is 3.28. The fourth-order valence-electron chi connectivity index (χ4n) is 12.7. The normalized spacial score (nSPS) is 24.7. The SMILES string of the molecule is CC1(C)c2ccccc2-c2ccc(N(c3ccc4c(c3)-c3ccc(-c5ccccc5)cc3C43C4CC5CC(C4)CC3C5)c3ccc4ccccc4c3)cc21. The van der Waals surface area contributed by atoms with Gasteiger partial charge in [-0.2, -0.15) is 0 Å². The van der Waals surface area contributed by atoms with Crippen molar-refractivity contribution in [3.05, 3.63) is 174 Å². The van der Waals surface area contributed by atoms with Crippen LogP contribution in [0.5, 0.6) is 0 Å². The maximum Gasteiger partial charge on any atom is 0.0468 e. The molecule has 0 amide bonds. The summed E-state index contributed by atoms with van der Waals surface area (Å²) in [6.45, 7) is 4.78. The Morgan fingerprint density at radius 3 is 1.83 bits per heavy atom. The predicted octanol–water partition coefficient (Wildman–Crippen LogP) is 14.0. The first-order chi connectivity index (χ1) is 26.5. The minimum Gasteiger partial charge on any atom is -0.310 e. The fraction of sp³-hybridized carbons (Fsp3) is 0.245. The van der Waals surface area contributed by atoms with Crippen LogP contribution in [0, 0.1) is 23.7 Å². The van der Waals surface area contributed by atoms with Gasteiger partial charge in [0.15, 0.2) is 0 Å². The zero-order valence-electron chi connectivity index (χ0n) is 31.2. The third kappa shape index (κ3) is 4.16. The summed E-state index contributed by atoms with van der Waals surface area (Å²) in [5, 5.41) is 2.54. The molecule has 0 aliphatic heterocycles. The van der Waals surface area contributed by atoms with Gasteiger partial charge in [-0.05, 0) is 165 Å². The van der Waals surface area contributed by atoms with Gasteiger partial charge in [-0.15, -0.1) is 0 Å². The zero-order valence-corrected chi connectivity index (χ0v) is 31.2. The molecule has 6 aliphatic carbocycles. The van der Waals surface area contributed by atoms with Crippen LogP contribution in [0.4, 0.5) is 17.1 Å². The van der Waals surface area contributed by atoms with E-state index >= 15 is 0 Å². The minimum absolute atomic E-state index is 0.0732. The van der Waals surface area contributed by atoms with Crippen LogP contribution < -0.4 is 4.90 Å². The van der Waals surface area contributed by atoms with Gasteiger partial charge >= 0.3 is 0 Å². The maximum atomic E-state index is 2.62. The van der Waals surface area contributed by atoms with Crippen molar-refractivity contribution in [2.45, 2.75) is 56.8 Å². The van der Waals surface area contributed by atoms with E-state index in [1.54, 1.807) is 11.1 Å². The fourth-order valence-corrected chi connectivity index (χ4v) is 12.7. The van der Waals surface area contributed by atoms with E-state index in [0.29, 0.717) is 0 Å². The van der Waals surface area contributed by atoms with Crippen molar-refractivity contribution >= 4 is 27.8 Å². The van der Waals surface area contributed by atoms with Gasteiger partial charge in [0.25, 0.3) is 0 Å². The van der Waals surface area contributed by atoms with Crippen molar-refractivity contribution in [2.75, 3.05) is 4.90 Å². The van der Waals surface area contributed by atoms with Crippen molar-refractivity contribution < 1.29 is 0 Å². The van der Waals surface area contributed by atoms with Crippen molar-refractivity contribution in [1.82, 2.24) is 0 Å². The number of rotatable bonds is 4. The molecule has 262 valence electrons. The average Bonchev–Trinajstić information content (AvgIpc) is 3.62. The van der Waals surface area contributed by atoms with Gasteiger partial charge in [0.1, 0.15) is 0 Å². The Hall–Kier alpha value is -5.40. The van der Waals surface area contributed by atoms with Crippen LogP contribution in [0.25, 0.3) is 44.2 Å². The monoisotopic (exact) mass is 695 g/mol. The first kappa shape index (κ1) is 31.0. The third-order valence-corrected chi connectivity index (χ3v) is 14.8. The molecular formula is C53H45N. The van der Waals surface area contributed by atoms with Crippen LogP contribution in [-0.2, 0) is 10.8 Å². The molecule has 0 radical (unpaired) electrons. The highest BCUT2D eigenvalue weighted by molar-refractivity contribution is 5.93. The Bertz CT molecular complexity index is 2630. The lowest BCUT2D eigenvalue weighted by Crippen LogP contribution is -2.55. The molecule has 13 rings (SSSR count). The second-order valence-corrected chi connectivity index (χ2v) is 17.8. The van der Waals surface area contributed by atoms with E-state index < -0.39 is 0 Å². The molecule has 54 heavy (non-hydrogen) atoms. The number of anilines is 3. The van der Waals surface area contributed by atoms with Crippen LogP contribution in [0.1, 0.15) is 68.2 Å². The smallest absolute Gasteiger partial charge is 0.0468 e. The van der Waals surface area contributed by atoms with Crippen molar-refractivity contribution in [3.8, 4) is 33.4 Å². The summed E-state index contributed by atoms with van der Waals surface area (Å²) in [5.41, 5.74) is 18.0. The van der Waals surface area contributed by atoms with Gasteiger partial charge in [-0.1, -0.05) is 123 Å². The summed E-state index contributed by atoms with van der Waals surface area (Å²) in [6.07, 6.45) is 7.02. The summed E-state index contributed by atoms with van der Waals surface area (Å²) >= 11 is 0. The quantitative estimate of drug-likeness (QED) is 0.177. The molecular weight excluding hydrogens is 651 g/mol. The second kappa shape index (κ2) is 11.1. The van der Waals surface area contributed by atoms with E-state index in [4.69, 9.17) is 0 Å². The van der Waals surface area contributed by atoms with Crippen LogP contribution in [-0.4, -0.2) is 0 Å². The van der Waals surface area contributed by atoms with Crippen LogP contribution in [0.2, 0.25) is 0 Å². The summed E-state index contributed by atoms with van der Waals surface area (Å²) in [7, 11) is 0. The maximum absolute atomic E-state index is 2.62. The lowest BCUT2D eigenvalue weighted by Gasteiger charge is -2.61. The molecule has 4 saturated carbocycles. The lowest BCUT2D eigenvalue weighted by atomic mass is 9.43. The van der Waals surface area contributed by atoms with E-state index in [2.05, 4.69) is 170 Å². The number of nitrogens with zero attached hydrogens (tertiary/aromatic N) is 1. The second-order valence-electron chi connectivity index (χ2n) is 17.8. The van der Waals surface area contributed by atoms with E-state index in [1.165, 1.54) is 104 Å². The highest BCUT2D eigenvalue weighted by atomic mass is 15.1. The van der Waals surface area contributed by atoms with Gasteiger partial charge in [0, 0.05) is 27.9 Å². The molecule has 4 bridgehead atoms. The zero-order chi connectivity index (χ0) is 35.8. The van der Waals surface area contributed by atoms with Gasteiger partial charge in [-0.25, -0.2) is 0 Å². The predicted molar refractivity (Wildman–Crippen MR) is 225 cm³/mol. The Morgan fingerprint density at radius 1 is 0.407 bits per heavy atom. The van der Waals surface area contributed by atoms with Crippen LogP contribution in [0.3, 0.4) is 0 Å². The summed E-state index contributed by atoms with van der Waals surface area (Å²) in [4.78, 5) is 2.53. The van der Waals surface area contributed by atoms with Crippen molar-refractivity contribution in [2.24, 2.45) is 23.7 Å². The highest BCUT2D eigenvalue weighted by Crippen LogP contribution is 2.70. The number of hydrogen-bond acceptors (Lipinski definition) is 1. The number of hydrogen-bond donors (Lipinski definition) is 0. The first-order valence-electron chi connectivity index (χ1n) is 20.3. The lowest BCUT2D eigenvalue weighted by molar-refractivity contribution is -0.0399. The molecule has 0 atom stereocenters. The molecule has 1 spiro atoms. The number of benzene rings is 7. The number of fused-ring (bicyclic) bond motifs is 7. The van der Waals surface area contributed by atoms with E-state index in [0.717, 1.165) is 23.7 Å². The van der Waals surface area contributed by atoms with Crippen LogP contribution in [0.15, 0.2) is 152 Å². The molecule has 0 N–H and O–H groups in total. The molecule has 6 aliphatic rings.